The predicted molar refractivity (Wildman–Crippen MR) is 78.4 cm³/mol. The van der Waals surface area contributed by atoms with Gasteiger partial charge in [-0.3, -0.25) is 4.79 Å². The van der Waals surface area contributed by atoms with Crippen molar-refractivity contribution in [3.8, 4) is 0 Å². The Morgan fingerprint density at radius 3 is 2.53 bits per heavy atom. The van der Waals surface area contributed by atoms with Crippen molar-refractivity contribution in [3.05, 3.63) is 56.8 Å². The number of pyridine rings is 1. The van der Waals surface area contributed by atoms with Gasteiger partial charge in [0.2, 0.25) is 0 Å². The molecule has 3 nitrogen and oxygen atoms in total. The van der Waals surface area contributed by atoms with E-state index in [1.54, 1.807) is 18.2 Å². The fourth-order valence-electron chi connectivity index (χ4n) is 1.47. The van der Waals surface area contributed by atoms with Crippen molar-refractivity contribution < 1.29 is 4.79 Å². The first-order valence-electron chi connectivity index (χ1n) is 5.36. The molecule has 2 rings (SSSR count). The van der Waals surface area contributed by atoms with E-state index in [1.165, 1.54) is 12.3 Å². The molecule has 0 unspecified atom stereocenters. The zero-order valence-electron chi connectivity index (χ0n) is 9.88. The van der Waals surface area contributed by atoms with Gasteiger partial charge in [0.15, 0.2) is 0 Å². The number of anilines is 1. The maximum Gasteiger partial charge on any atom is 0.257 e. The average molecular weight is 316 g/mol. The highest BCUT2D eigenvalue weighted by Crippen LogP contribution is 2.33. The molecule has 0 saturated heterocycles. The summed E-state index contributed by atoms with van der Waals surface area (Å²) >= 11 is 17.8. The minimum absolute atomic E-state index is 0.322. The SMILES string of the molecule is Cc1ccc(Cl)c(NC(=O)c2ccc(Cl)nc2)c1Cl. The molecule has 2 aromatic rings. The third-order valence-corrected chi connectivity index (χ3v) is 3.54. The summed E-state index contributed by atoms with van der Waals surface area (Å²) in [4.78, 5) is 15.9. The summed E-state index contributed by atoms with van der Waals surface area (Å²) in [5, 5.41) is 3.79. The molecule has 1 heterocycles. The standard InChI is InChI=1S/C13H9Cl3N2O/c1-7-2-4-9(14)12(11(7)16)18-13(19)8-3-5-10(15)17-6-8/h2-6H,1H3,(H,18,19). The van der Waals surface area contributed by atoms with Crippen molar-refractivity contribution in [2.24, 2.45) is 0 Å². The molecule has 0 aliphatic rings. The molecule has 0 aliphatic heterocycles. The predicted octanol–water partition coefficient (Wildman–Crippen LogP) is 4.60. The van der Waals surface area contributed by atoms with Crippen molar-refractivity contribution in [2.75, 3.05) is 5.32 Å². The Morgan fingerprint density at radius 2 is 1.89 bits per heavy atom. The average Bonchev–Trinajstić information content (AvgIpc) is 2.40. The summed E-state index contributed by atoms with van der Waals surface area (Å²) in [5.41, 5.74) is 1.59. The molecular weight excluding hydrogens is 307 g/mol. The lowest BCUT2D eigenvalue weighted by Crippen LogP contribution is -2.13. The zero-order chi connectivity index (χ0) is 14.0. The van der Waals surface area contributed by atoms with Crippen molar-refractivity contribution in [1.29, 1.82) is 0 Å². The van der Waals surface area contributed by atoms with E-state index < -0.39 is 0 Å². The maximum absolute atomic E-state index is 12.0. The van der Waals surface area contributed by atoms with Gasteiger partial charge in [-0.1, -0.05) is 40.9 Å². The fraction of sp³-hybridized carbons (Fsp3) is 0.0769. The van der Waals surface area contributed by atoms with Gasteiger partial charge >= 0.3 is 0 Å². The molecule has 0 saturated carbocycles. The number of carbonyl (C=O) groups is 1. The first-order valence-corrected chi connectivity index (χ1v) is 6.50. The van der Waals surface area contributed by atoms with E-state index in [0.717, 1.165) is 5.56 Å². The molecule has 1 amide bonds. The minimum Gasteiger partial charge on any atom is -0.319 e. The van der Waals surface area contributed by atoms with Gasteiger partial charge in [-0.2, -0.15) is 0 Å². The normalized spacial score (nSPS) is 10.3. The molecule has 0 radical (unpaired) electrons. The van der Waals surface area contributed by atoms with Crippen molar-refractivity contribution in [2.45, 2.75) is 6.92 Å². The number of aromatic nitrogens is 1. The number of halogens is 3. The fourth-order valence-corrected chi connectivity index (χ4v) is 2.04. The molecular formula is C13H9Cl3N2O. The molecule has 6 heteroatoms. The summed E-state index contributed by atoms with van der Waals surface area (Å²) in [6.45, 7) is 1.83. The van der Waals surface area contributed by atoms with E-state index in [9.17, 15) is 4.79 Å². The van der Waals surface area contributed by atoms with E-state index in [4.69, 9.17) is 34.8 Å². The van der Waals surface area contributed by atoms with E-state index >= 15 is 0 Å². The van der Waals surface area contributed by atoms with Crippen molar-refractivity contribution in [3.63, 3.8) is 0 Å². The topological polar surface area (TPSA) is 42.0 Å². The molecule has 1 N–H and O–H groups in total. The second-order valence-corrected chi connectivity index (χ2v) is 5.05. The third-order valence-electron chi connectivity index (χ3n) is 2.51. The van der Waals surface area contributed by atoms with Crippen LogP contribution in [0, 0.1) is 6.92 Å². The van der Waals surface area contributed by atoms with Gasteiger partial charge in [0.25, 0.3) is 5.91 Å². The number of amides is 1. The largest absolute Gasteiger partial charge is 0.319 e. The number of nitrogens with one attached hydrogen (secondary N) is 1. The summed E-state index contributed by atoms with van der Waals surface area (Å²) in [7, 11) is 0. The van der Waals surface area contributed by atoms with Gasteiger partial charge in [0.1, 0.15) is 5.15 Å². The summed E-state index contributed by atoms with van der Waals surface area (Å²) in [5.74, 6) is -0.349. The van der Waals surface area contributed by atoms with Gasteiger partial charge < -0.3 is 5.32 Å². The van der Waals surface area contributed by atoms with Crippen LogP contribution in [0.2, 0.25) is 15.2 Å². The minimum atomic E-state index is -0.349. The Bertz CT molecular complexity index is 627. The lowest BCUT2D eigenvalue weighted by Gasteiger charge is -2.11. The monoisotopic (exact) mass is 314 g/mol. The van der Waals surface area contributed by atoms with Crippen LogP contribution in [0.1, 0.15) is 15.9 Å². The number of benzene rings is 1. The van der Waals surface area contributed by atoms with Gasteiger partial charge in [-0.25, -0.2) is 4.98 Å². The molecule has 0 bridgehead atoms. The first-order chi connectivity index (χ1) is 8.99. The molecule has 0 fully saturated rings. The number of rotatable bonds is 2. The number of hydrogen-bond donors (Lipinski definition) is 1. The van der Waals surface area contributed by atoms with Crippen LogP contribution in [-0.4, -0.2) is 10.9 Å². The van der Waals surface area contributed by atoms with E-state index in [2.05, 4.69) is 10.3 Å². The molecule has 19 heavy (non-hydrogen) atoms. The molecule has 0 atom stereocenters. The van der Waals surface area contributed by atoms with Gasteiger partial charge in [0, 0.05) is 6.20 Å². The molecule has 1 aromatic carbocycles. The molecule has 0 aliphatic carbocycles. The molecule has 0 spiro atoms. The summed E-state index contributed by atoms with van der Waals surface area (Å²) in [6, 6.07) is 6.57. The highest BCUT2D eigenvalue weighted by molar-refractivity contribution is 6.40. The first kappa shape index (κ1) is 14.1. The Morgan fingerprint density at radius 1 is 1.16 bits per heavy atom. The van der Waals surface area contributed by atoms with Crippen LogP contribution in [-0.2, 0) is 0 Å². The van der Waals surface area contributed by atoms with Crippen molar-refractivity contribution >= 4 is 46.4 Å². The van der Waals surface area contributed by atoms with Crippen LogP contribution < -0.4 is 5.32 Å². The number of hydrogen-bond acceptors (Lipinski definition) is 2. The Kier molecular flexibility index (Phi) is 4.30. The van der Waals surface area contributed by atoms with Crippen LogP contribution in [0.5, 0.6) is 0 Å². The van der Waals surface area contributed by atoms with Crippen LogP contribution in [0.25, 0.3) is 0 Å². The van der Waals surface area contributed by atoms with Gasteiger partial charge in [0.05, 0.1) is 21.3 Å². The summed E-state index contributed by atoms with van der Waals surface area (Å²) in [6.07, 6.45) is 1.38. The Balaban J connectivity index is 2.29. The van der Waals surface area contributed by atoms with Crippen LogP contribution in [0.15, 0.2) is 30.5 Å². The highest BCUT2D eigenvalue weighted by Gasteiger charge is 2.13. The number of carbonyl (C=O) groups excluding carboxylic acids is 1. The second-order valence-electron chi connectivity index (χ2n) is 3.88. The Hall–Kier alpha value is -1.29. The van der Waals surface area contributed by atoms with Crippen LogP contribution in [0.3, 0.4) is 0 Å². The van der Waals surface area contributed by atoms with Crippen LogP contribution >= 0.6 is 34.8 Å². The maximum atomic E-state index is 12.0. The number of nitrogens with zero attached hydrogens (tertiary/aromatic N) is 1. The third kappa shape index (κ3) is 3.18. The molecule has 1 aromatic heterocycles. The summed E-state index contributed by atoms with van der Waals surface area (Å²) < 4.78 is 0. The van der Waals surface area contributed by atoms with E-state index in [1.807, 2.05) is 6.92 Å². The highest BCUT2D eigenvalue weighted by atomic mass is 35.5. The van der Waals surface area contributed by atoms with Gasteiger partial charge in [-0.05, 0) is 30.7 Å². The Labute approximate surface area is 125 Å². The zero-order valence-corrected chi connectivity index (χ0v) is 12.1. The lowest BCUT2D eigenvalue weighted by molar-refractivity contribution is 0.102. The van der Waals surface area contributed by atoms with Crippen LogP contribution in [0.4, 0.5) is 5.69 Å². The van der Waals surface area contributed by atoms with E-state index in [-0.39, 0.29) is 5.91 Å². The van der Waals surface area contributed by atoms with Gasteiger partial charge in [-0.15, -0.1) is 0 Å². The number of aryl methyl sites for hydroxylation is 1. The lowest BCUT2D eigenvalue weighted by atomic mass is 10.2. The molecule has 98 valence electrons. The van der Waals surface area contributed by atoms with Crippen molar-refractivity contribution in [1.82, 2.24) is 4.98 Å². The smallest absolute Gasteiger partial charge is 0.257 e. The quantitative estimate of drug-likeness (QED) is 0.823. The second kappa shape index (κ2) is 5.78. The van der Waals surface area contributed by atoms with E-state index in [0.29, 0.717) is 26.4 Å².